The molecule has 0 saturated carbocycles. The summed E-state index contributed by atoms with van der Waals surface area (Å²) in [6.07, 6.45) is 0. The van der Waals surface area contributed by atoms with Gasteiger partial charge < -0.3 is 5.11 Å². The van der Waals surface area contributed by atoms with Crippen LogP contribution in [0.5, 0.6) is 0 Å². The third kappa shape index (κ3) is 1.92. The Morgan fingerprint density at radius 1 is 1.25 bits per heavy atom. The zero-order valence-electron chi connectivity index (χ0n) is 6.67. The van der Waals surface area contributed by atoms with E-state index in [1.54, 1.807) is 19.1 Å². The second-order valence-corrected chi connectivity index (χ2v) is 3.91. The molecule has 1 aromatic rings. The summed E-state index contributed by atoms with van der Waals surface area (Å²) in [5, 5.41) is 9.80. The number of hydrogen-bond donors (Lipinski definition) is 1. The van der Waals surface area contributed by atoms with Crippen LogP contribution in [-0.4, -0.2) is 9.94 Å². The minimum Gasteiger partial charge on any atom is -0.383 e. The topological polar surface area (TPSA) is 20.2 Å². The summed E-state index contributed by atoms with van der Waals surface area (Å²) < 4.78 is 0. The van der Waals surface area contributed by atoms with Crippen molar-refractivity contribution in [2.24, 2.45) is 0 Å². The van der Waals surface area contributed by atoms with Crippen molar-refractivity contribution < 1.29 is 5.11 Å². The van der Waals surface area contributed by atoms with Gasteiger partial charge in [-0.05, 0) is 12.5 Å². The van der Waals surface area contributed by atoms with E-state index in [4.69, 9.17) is 23.2 Å². The molecule has 1 rings (SSSR count). The molecule has 0 amide bonds. The number of halogens is 2. The number of alkyl halides is 2. The van der Waals surface area contributed by atoms with Crippen molar-refractivity contribution in [3.8, 4) is 0 Å². The van der Waals surface area contributed by atoms with E-state index in [0.29, 0.717) is 0 Å². The second kappa shape index (κ2) is 3.65. The van der Waals surface area contributed by atoms with E-state index in [2.05, 4.69) is 0 Å². The van der Waals surface area contributed by atoms with Gasteiger partial charge in [-0.15, -0.1) is 23.2 Å². The summed E-state index contributed by atoms with van der Waals surface area (Å²) in [7, 11) is 0. The molecule has 0 aliphatic rings. The molecule has 0 spiro atoms. The van der Waals surface area contributed by atoms with Crippen molar-refractivity contribution in [2.75, 3.05) is 0 Å². The molecule has 66 valence electrons. The van der Waals surface area contributed by atoms with Crippen molar-refractivity contribution in [3.63, 3.8) is 0 Å². The first-order chi connectivity index (χ1) is 5.55. The van der Waals surface area contributed by atoms with Gasteiger partial charge in [0.25, 0.3) is 0 Å². The van der Waals surface area contributed by atoms with Crippen LogP contribution in [0.25, 0.3) is 0 Å². The van der Waals surface area contributed by atoms with Crippen LogP contribution in [0.3, 0.4) is 0 Å². The minimum atomic E-state index is -1.18. The molecule has 1 atom stereocenters. The van der Waals surface area contributed by atoms with E-state index in [1.807, 2.05) is 18.2 Å². The van der Waals surface area contributed by atoms with Gasteiger partial charge in [-0.3, -0.25) is 0 Å². The normalized spacial score (nSPS) is 16.1. The van der Waals surface area contributed by atoms with Gasteiger partial charge in [0, 0.05) is 0 Å². The van der Waals surface area contributed by atoms with Crippen LogP contribution >= 0.6 is 23.2 Å². The molecule has 0 fully saturated rings. The lowest BCUT2D eigenvalue weighted by Gasteiger charge is -2.24. The summed E-state index contributed by atoms with van der Waals surface area (Å²) in [5.41, 5.74) is -0.454. The summed E-state index contributed by atoms with van der Waals surface area (Å²) in [6.45, 7) is 1.59. The molecule has 0 aromatic heterocycles. The molecule has 0 unspecified atom stereocenters. The van der Waals surface area contributed by atoms with Crippen LogP contribution in [0.4, 0.5) is 0 Å². The smallest absolute Gasteiger partial charge is 0.140 e. The second-order valence-electron chi connectivity index (χ2n) is 2.81. The molecule has 0 bridgehead atoms. The molecule has 0 heterocycles. The Balaban J connectivity index is 2.98. The van der Waals surface area contributed by atoms with Crippen molar-refractivity contribution in [3.05, 3.63) is 35.9 Å². The summed E-state index contributed by atoms with van der Waals surface area (Å²) in [4.78, 5) is -0.820. The Hall–Kier alpha value is -0.240. The van der Waals surface area contributed by atoms with Gasteiger partial charge >= 0.3 is 0 Å². The molecule has 1 aromatic carbocycles. The SMILES string of the molecule is C[C@](O)(c1ccccc1)C(Cl)Cl. The summed E-state index contributed by atoms with van der Waals surface area (Å²) in [5.74, 6) is 0. The van der Waals surface area contributed by atoms with Gasteiger partial charge in [0.15, 0.2) is 0 Å². The fraction of sp³-hybridized carbons (Fsp3) is 0.333. The lowest BCUT2D eigenvalue weighted by molar-refractivity contribution is 0.0721. The first-order valence-electron chi connectivity index (χ1n) is 3.61. The minimum absolute atomic E-state index is 0.722. The molecule has 0 radical (unpaired) electrons. The Morgan fingerprint density at radius 3 is 2.17 bits per heavy atom. The van der Waals surface area contributed by atoms with E-state index in [0.717, 1.165) is 5.56 Å². The highest BCUT2D eigenvalue weighted by atomic mass is 35.5. The number of benzene rings is 1. The number of hydrogen-bond acceptors (Lipinski definition) is 1. The third-order valence-corrected chi connectivity index (χ3v) is 2.63. The fourth-order valence-corrected chi connectivity index (χ4v) is 1.15. The molecule has 1 nitrogen and oxygen atoms in total. The van der Waals surface area contributed by atoms with Gasteiger partial charge in [0.1, 0.15) is 10.4 Å². The van der Waals surface area contributed by atoms with Gasteiger partial charge in [0.2, 0.25) is 0 Å². The molecule has 0 aliphatic carbocycles. The molecular formula is C9H10Cl2O. The number of rotatable bonds is 2. The first-order valence-corrected chi connectivity index (χ1v) is 4.48. The van der Waals surface area contributed by atoms with Crippen LogP contribution in [0.15, 0.2) is 30.3 Å². The van der Waals surface area contributed by atoms with Gasteiger partial charge in [0.05, 0.1) is 0 Å². The fourth-order valence-electron chi connectivity index (χ4n) is 0.902. The zero-order valence-corrected chi connectivity index (χ0v) is 8.18. The van der Waals surface area contributed by atoms with Gasteiger partial charge in [-0.2, -0.15) is 0 Å². The van der Waals surface area contributed by atoms with Gasteiger partial charge in [-0.25, -0.2) is 0 Å². The van der Waals surface area contributed by atoms with Crippen LogP contribution < -0.4 is 0 Å². The summed E-state index contributed by atoms with van der Waals surface area (Å²) >= 11 is 11.2. The largest absolute Gasteiger partial charge is 0.383 e. The van der Waals surface area contributed by atoms with E-state index in [-0.39, 0.29) is 0 Å². The highest BCUT2D eigenvalue weighted by molar-refractivity contribution is 6.45. The molecule has 12 heavy (non-hydrogen) atoms. The Labute approximate surface area is 81.9 Å². The first kappa shape index (κ1) is 9.85. The predicted octanol–water partition coefficient (Wildman–Crippen LogP) is 2.70. The van der Waals surface area contributed by atoms with Gasteiger partial charge in [-0.1, -0.05) is 30.3 Å². The van der Waals surface area contributed by atoms with Crippen molar-refractivity contribution in [1.29, 1.82) is 0 Å². The van der Waals surface area contributed by atoms with E-state index < -0.39 is 10.4 Å². The quantitative estimate of drug-likeness (QED) is 0.736. The Kier molecular flexibility index (Phi) is 2.99. The van der Waals surface area contributed by atoms with E-state index in [1.165, 1.54) is 0 Å². The van der Waals surface area contributed by atoms with Crippen molar-refractivity contribution in [2.45, 2.75) is 17.4 Å². The predicted molar refractivity (Wildman–Crippen MR) is 51.5 cm³/mol. The lowest BCUT2D eigenvalue weighted by atomic mass is 9.98. The maximum atomic E-state index is 9.80. The monoisotopic (exact) mass is 204 g/mol. The highest BCUT2D eigenvalue weighted by Gasteiger charge is 2.30. The molecule has 0 saturated heterocycles. The molecule has 3 heteroatoms. The lowest BCUT2D eigenvalue weighted by Crippen LogP contribution is -2.28. The van der Waals surface area contributed by atoms with E-state index >= 15 is 0 Å². The zero-order chi connectivity index (χ0) is 9.19. The Morgan fingerprint density at radius 2 is 1.75 bits per heavy atom. The molecule has 0 aliphatic heterocycles. The maximum Gasteiger partial charge on any atom is 0.140 e. The molecular weight excluding hydrogens is 195 g/mol. The van der Waals surface area contributed by atoms with Crippen LogP contribution in [0.2, 0.25) is 0 Å². The standard InChI is InChI=1S/C9H10Cl2O/c1-9(12,8(10)11)7-5-3-2-4-6-7/h2-6,8,12H,1H3/t9-/m0/s1. The number of aliphatic hydroxyl groups is 1. The van der Waals surface area contributed by atoms with Crippen LogP contribution in [0, 0.1) is 0 Å². The average molecular weight is 205 g/mol. The molecule has 1 N–H and O–H groups in total. The van der Waals surface area contributed by atoms with Crippen LogP contribution in [0.1, 0.15) is 12.5 Å². The van der Waals surface area contributed by atoms with E-state index in [9.17, 15) is 5.11 Å². The Bertz CT molecular complexity index is 244. The van der Waals surface area contributed by atoms with Crippen molar-refractivity contribution >= 4 is 23.2 Å². The third-order valence-electron chi connectivity index (χ3n) is 1.78. The van der Waals surface area contributed by atoms with Crippen molar-refractivity contribution in [1.82, 2.24) is 0 Å². The highest BCUT2D eigenvalue weighted by Crippen LogP contribution is 2.30. The van der Waals surface area contributed by atoms with Crippen LogP contribution in [-0.2, 0) is 5.60 Å². The maximum absolute atomic E-state index is 9.80. The average Bonchev–Trinajstić information content (AvgIpc) is 2.06. The summed E-state index contributed by atoms with van der Waals surface area (Å²) in [6, 6.07) is 9.12.